The van der Waals surface area contributed by atoms with Gasteiger partial charge in [-0.3, -0.25) is 0 Å². The summed E-state index contributed by atoms with van der Waals surface area (Å²) in [6.07, 6.45) is 4.45. The van der Waals surface area contributed by atoms with Gasteiger partial charge in [-0.2, -0.15) is 0 Å². The largest absolute Gasteiger partial charge is 0.361 e. The van der Waals surface area contributed by atoms with Crippen LogP contribution in [0.25, 0.3) is 0 Å². The lowest BCUT2D eigenvalue weighted by Gasteiger charge is -2.15. The van der Waals surface area contributed by atoms with Crippen molar-refractivity contribution >= 4 is 24.0 Å². The number of hydrogen-bond donors (Lipinski definition) is 0. The van der Waals surface area contributed by atoms with E-state index in [4.69, 9.17) is 4.74 Å². The molecule has 0 amide bonds. The Labute approximate surface area is 113 Å². The minimum absolute atomic E-state index is 0.616. The number of rotatable bonds is 6. The van der Waals surface area contributed by atoms with E-state index in [-0.39, 0.29) is 0 Å². The van der Waals surface area contributed by atoms with Crippen molar-refractivity contribution in [1.82, 2.24) is 9.55 Å². The zero-order chi connectivity index (χ0) is 12.5. The van der Waals surface area contributed by atoms with Crippen LogP contribution < -0.4 is 0 Å². The van der Waals surface area contributed by atoms with Crippen molar-refractivity contribution in [3.8, 4) is 0 Å². The number of nitrogens with zero attached hydrogens (tertiary/aromatic N) is 2. The van der Waals surface area contributed by atoms with Crippen LogP contribution in [0.15, 0.2) is 10.9 Å². The van der Waals surface area contributed by atoms with Gasteiger partial charge >= 0.3 is 0 Å². The second-order valence-electron chi connectivity index (χ2n) is 6.01. The summed E-state index contributed by atoms with van der Waals surface area (Å²) in [4.78, 5) is 4.45. The van der Waals surface area contributed by atoms with Crippen molar-refractivity contribution < 1.29 is 4.74 Å². The second-order valence-corrected chi connectivity index (χ2v) is 12.4. The Kier molecular flexibility index (Phi) is 4.10. The van der Waals surface area contributed by atoms with Gasteiger partial charge in [0.2, 0.25) is 0 Å². The molecule has 0 radical (unpaired) electrons. The summed E-state index contributed by atoms with van der Waals surface area (Å²) in [6.45, 7) is 8.59. The smallest absolute Gasteiger partial charge is 0.124 e. The summed E-state index contributed by atoms with van der Waals surface area (Å²) in [5.41, 5.74) is 1.21. The molecular formula is C12H21BrN2OSi. The minimum Gasteiger partial charge on any atom is -0.361 e. The average molecular weight is 317 g/mol. The van der Waals surface area contributed by atoms with Crippen molar-refractivity contribution in [1.29, 1.82) is 0 Å². The number of halogens is 1. The maximum absolute atomic E-state index is 5.72. The molecule has 1 saturated carbocycles. The Morgan fingerprint density at radius 2 is 2.18 bits per heavy atom. The molecule has 0 unspecified atom stereocenters. The standard InChI is InChI=1S/C12H21BrN2OSi/c1-17(2,3)7-6-16-9-15-8-14-11(12(15)13)10-4-5-10/h8,10H,4-7,9H2,1-3H3. The van der Waals surface area contributed by atoms with Crippen LogP contribution in [-0.4, -0.2) is 24.2 Å². The van der Waals surface area contributed by atoms with Gasteiger partial charge in [-0.15, -0.1) is 0 Å². The van der Waals surface area contributed by atoms with E-state index >= 15 is 0 Å². The van der Waals surface area contributed by atoms with Crippen LogP contribution >= 0.6 is 15.9 Å². The molecule has 1 aliphatic carbocycles. The highest BCUT2D eigenvalue weighted by Crippen LogP contribution is 2.42. The van der Waals surface area contributed by atoms with Gasteiger partial charge in [-0.25, -0.2) is 4.98 Å². The lowest BCUT2D eigenvalue weighted by molar-refractivity contribution is 0.0857. The number of hydrogen-bond acceptors (Lipinski definition) is 2. The third-order valence-electron chi connectivity index (χ3n) is 2.99. The quantitative estimate of drug-likeness (QED) is 0.589. The van der Waals surface area contributed by atoms with E-state index in [9.17, 15) is 0 Å². The fourth-order valence-corrected chi connectivity index (χ4v) is 3.02. The number of aromatic nitrogens is 2. The highest BCUT2D eigenvalue weighted by atomic mass is 79.9. The average Bonchev–Trinajstić information content (AvgIpc) is 2.99. The molecule has 0 atom stereocenters. The van der Waals surface area contributed by atoms with Crippen LogP contribution in [0.4, 0.5) is 0 Å². The molecule has 1 fully saturated rings. The Morgan fingerprint density at radius 1 is 1.47 bits per heavy atom. The molecular weight excluding hydrogens is 296 g/mol. The van der Waals surface area contributed by atoms with Crippen molar-refractivity contribution in [3.05, 3.63) is 16.6 Å². The lowest BCUT2D eigenvalue weighted by atomic mass is 10.3. The Bertz CT molecular complexity index is 382. The zero-order valence-electron chi connectivity index (χ0n) is 10.9. The predicted molar refractivity (Wildman–Crippen MR) is 76.0 cm³/mol. The second kappa shape index (κ2) is 5.24. The fourth-order valence-electron chi connectivity index (χ4n) is 1.64. The van der Waals surface area contributed by atoms with E-state index in [1.54, 1.807) is 0 Å². The summed E-state index contributed by atoms with van der Waals surface area (Å²) >= 11 is 3.61. The summed E-state index contributed by atoms with van der Waals surface area (Å²) < 4.78 is 8.88. The van der Waals surface area contributed by atoms with E-state index in [1.165, 1.54) is 24.6 Å². The SMILES string of the molecule is C[Si](C)(C)CCOCn1cnc(C2CC2)c1Br. The molecule has 1 aliphatic rings. The third-order valence-corrected chi connectivity index (χ3v) is 5.56. The molecule has 96 valence electrons. The van der Waals surface area contributed by atoms with Gasteiger partial charge in [0.25, 0.3) is 0 Å². The van der Waals surface area contributed by atoms with Crippen LogP contribution in [0, 0.1) is 0 Å². The Hall–Kier alpha value is -0.133. The number of imidazole rings is 1. The van der Waals surface area contributed by atoms with Crippen LogP contribution in [0.2, 0.25) is 25.7 Å². The highest BCUT2D eigenvalue weighted by Gasteiger charge is 2.28. The molecule has 2 rings (SSSR count). The van der Waals surface area contributed by atoms with Gasteiger partial charge in [0, 0.05) is 20.6 Å². The number of ether oxygens (including phenoxy) is 1. The van der Waals surface area contributed by atoms with Gasteiger partial charge in [-0.05, 0) is 34.8 Å². The first-order chi connectivity index (χ1) is 7.97. The first-order valence-corrected chi connectivity index (χ1v) is 10.8. The van der Waals surface area contributed by atoms with Gasteiger partial charge in [0.1, 0.15) is 11.3 Å². The van der Waals surface area contributed by atoms with Crippen LogP contribution in [0.1, 0.15) is 24.5 Å². The van der Waals surface area contributed by atoms with E-state index < -0.39 is 8.07 Å². The van der Waals surface area contributed by atoms with Crippen molar-refractivity contribution in [2.45, 2.75) is 51.2 Å². The summed E-state index contributed by atoms with van der Waals surface area (Å²) in [5.74, 6) is 0.688. The molecule has 1 aromatic rings. The van der Waals surface area contributed by atoms with Gasteiger partial charge in [-0.1, -0.05) is 19.6 Å². The third kappa shape index (κ3) is 3.93. The lowest BCUT2D eigenvalue weighted by Crippen LogP contribution is -2.22. The zero-order valence-corrected chi connectivity index (χ0v) is 13.5. The summed E-state index contributed by atoms with van der Waals surface area (Å²) in [5, 5.41) is 0. The summed E-state index contributed by atoms with van der Waals surface area (Å²) in [7, 11) is -0.973. The molecule has 0 spiro atoms. The van der Waals surface area contributed by atoms with Gasteiger partial charge in [0.05, 0.1) is 12.0 Å². The molecule has 5 heteroatoms. The van der Waals surface area contributed by atoms with Crippen LogP contribution in [0.5, 0.6) is 0 Å². The molecule has 0 aliphatic heterocycles. The summed E-state index contributed by atoms with van der Waals surface area (Å²) in [6, 6.07) is 1.22. The van der Waals surface area contributed by atoms with Crippen molar-refractivity contribution in [3.63, 3.8) is 0 Å². The molecule has 0 saturated heterocycles. The van der Waals surface area contributed by atoms with E-state index in [2.05, 4.69) is 45.1 Å². The normalized spacial score (nSPS) is 16.5. The molecule has 1 aromatic heterocycles. The maximum atomic E-state index is 5.72. The Balaban J connectivity index is 1.79. The monoisotopic (exact) mass is 316 g/mol. The van der Waals surface area contributed by atoms with Crippen LogP contribution in [-0.2, 0) is 11.5 Å². The minimum atomic E-state index is -0.973. The molecule has 1 heterocycles. The van der Waals surface area contributed by atoms with E-state index in [1.807, 2.05) is 6.33 Å². The first kappa shape index (κ1) is 13.3. The van der Waals surface area contributed by atoms with Crippen LogP contribution in [0.3, 0.4) is 0 Å². The van der Waals surface area contributed by atoms with E-state index in [0.717, 1.165) is 11.2 Å². The highest BCUT2D eigenvalue weighted by molar-refractivity contribution is 9.10. The first-order valence-electron chi connectivity index (χ1n) is 6.25. The Morgan fingerprint density at radius 3 is 2.76 bits per heavy atom. The molecule has 3 nitrogen and oxygen atoms in total. The fraction of sp³-hybridized carbons (Fsp3) is 0.750. The predicted octanol–water partition coefficient (Wildman–Crippen LogP) is 3.84. The maximum Gasteiger partial charge on any atom is 0.124 e. The van der Waals surface area contributed by atoms with Crippen molar-refractivity contribution in [2.24, 2.45) is 0 Å². The van der Waals surface area contributed by atoms with E-state index in [0.29, 0.717) is 12.6 Å². The molecule has 0 N–H and O–H groups in total. The van der Waals surface area contributed by atoms with Gasteiger partial charge < -0.3 is 9.30 Å². The van der Waals surface area contributed by atoms with Crippen molar-refractivity contribution in [2.75, 3.05) is 6.61 Å². The molecule has 0 aromatic carbocycles. The topological polar surface area (TPSA) is 27.1 Å². The van der Waals surface area contributed by atoms with Gasteiger partial charge in [0.15, 0.2) is 0 Å². The molecule has 0 bridgehead atoms. The molecule has 17 heavy (non-hydrogen) atoms.